The van der Waals surface area contributed by atoms with Crippen LogP contribution >= 0.6 is 0 Å². The molecule has 0 bridgehead atoms. The van der Waals surface area contributed by atoms with Gasteiger partial charge in [-0.3, -0.25) is 4.98 Å². The lowest BCUT2D eigenvalue weighted by atomic mass is 10.2. The van der Waals surface area contributed by atoms with Crippen LogP contribution in [0, 0.1) is 0 Å². The molecule has 174 valence electrons. The maximum Gasteiger partial charge on any atom is 0.229 e. The normalized spacial score (nSPS) is 13.6. The molecule has 0 saturated carbocycles. The fourth-order valence-electron chi connectivity index (χ4n) is 3.94. The van der Waals surface area contributed by atoms with E-state index in [-0.39, 0.29) is 0 Å². The molecule has 1 aliphatic rings. The Bertz CT molecular complexity index is 1010. The van der Waals surface area contributed by atoms with Crippen LogP contribution < -0.4 is 19.7 Å². The fourth-order valence-corrected chi connectivity index (χ4v) is 3.94. The molecular weight excluding hydrogens is 416 g/mol. The highest BCUT2D eigenvalue weighted by atomic mass is 16.5. The number of ether oxygens (including phenoxy) is 2. The van der Waals surface area contributed by atoms with Crippen molar-refractivity contribution in [2.75, 3.05) is 50.6 Å². The second kappa shape index (κ2) is 11.5. The standard InChI is InChI=1S/C25H32N6O2/c1-30(19-20-8-11-26-12-9-20)24-10-13-27-25(29-24)28-21-6-7-22(32-2)23(18-21)33-17-5-16-31-14-3-4-15-31/h6-13,18H,3-5,14-17,19H2,1-2H3,(H,27,28,29). The highest BCUT2D eigenvalue weighted by molar-refractivity contribution is 5.60. The summed E-state index contributed by atoms with van der Waals surface area (Å²) in [5.74, 6) is 2.79. The molecule has 2 aromatic heterocycles. The summed E-state index contributed by atoms with van der Waals surface area (Å²) < 4.78 is 11.5. The summed E-state index contributed by atoms with van der Waals surface area (Å²) in [6.45, 7) is 4.88. The molecule has 3 heterocycles. The molecule has 8 nitrogen and oxygen atoms in total. The van der Waals surface area contributed by atoms with Crippen LogP contribution in [0.1, 0.15) is 24.8 Å². The van der Waals surface area contributed by atoms with Crippen LogP contribution in [0.25, 0.3) is 0 Å². The monoisotopic (exact) mass is 448 g/mol. The van der Waals surface area contributed by atoms with Crippen molar-refractivity contribution < 1.29 is 9.47 Å². The zero-order valence-corrected chi connectivity index (χ0v) is 19.4. The number of hydrogen-bond donors (Lipinski definition) is 1. The molecule has 0 radical (unpaired) electrons. The van der Waals surface area contributed by atoms with Crippen LogP contribution in [0.2, 0.25) is 0 Å². The van der Waals surface area contributed by atoms with Crippen LogP contribution in [-0.2, 0) is 6.54 Å². The number of hydrogen-bond acceptors (Lipinski definition) is 8. The summed E-state index contributed by atoms with van der Waals surface area (Å²) in [5.41, 5.74) is 2.02. The van der Waals surface area contributed by atoms with Gasteiger partial charge in [0.15, 0.2) is 11.5 Å². The first kappa shape index (κ1) is 22.8. The van der Waals surface area contributed by atoms with Crippen molar-refractivity contribution >= 4 is 17.5 Å². The zero-order chi connectivity index (χ0) is 22.9. The van der Waals surface area contributed by atoms with Crippen molar-refractivity contribution in [3.05, 3.63) is 60.6 Å². The van der Waals surface area contributed by atoms with Crippen molar-refractivity contribution in [2.45, 2.75) is 25.8 Å². The Kier molecular flexibility index (Phi) is 7.92. The van der Waals surface area contributed by atoms with E-state index in [1.54, 1.807) is 25.7 Å². The largest absolute Gasteiger partial charge is 0.493 e. The van der Waals surface area contributed by atoms with E-state index in [1.165, 1.54) is 31.5 Å². The number of pyridine rings is 1. The Morgan fingerprint density at radius 1 is 1.03 bits per heavy atom. The van der Waals surface area contributed by atoms with Gasteiger partial charge >= 0.3 is 0 Å². The molecule has 33 heavy (non-hydrogen) atoms. The lowest BCUT2D eigenvalue weighted by Gasteiger charge is -2.19. The van der Waals surface area contributed by atoms with Crippen molar-refractivity contribution in [1.82, 2.24) is 19.9 Å². The van der Waals surface area contributed by atoms with E-state index in [9.17, 15) is 0 Å². The molecule has 0 amide bonds. The molecule has 1 aromatic carbocycles. The SMILES string of the molecule is COc1ccc(Nc2nccc(N(C)Cc3ccncc3)n2)cc1OCCCN1CCCC1. The number of nitrogens with one attached hydrogen (secondary N) is 1. The second-order valence-corrected chi connectivity index (χ2v) is 8.19. The molecule has 1 aliphatic heterocycles. The first-order valence-electron chi connectivity index (χ1n) is 11.4. The summed E-state index contributed by atoms with van der Waals surface area (Å²) in [5, 5.41) is 3.29. The first-order valence-corrected chi connectivity index (χ1v) is 11.4. The van der Waals surface area contributed by atoms with Gasteiger partial charge < -0.3 is 24.6 Å². The van der Waals surface area contributed by atoms with Crippen LogP contribution in [-0.4, -0.2) is 60.3 Å². The van der Waals surface area contributed by atoms with E-state index >= 15 is 0 Å². The average molecular weight is 449 g/mol. The van der Waals surface area contributed by atoms with Crippen LogP contribution in [0.15, 0.2) is 55.0 Å². The highest BCUT2D eigenvalue weighted by Gasteiger charge is 2.12. The van der Waals surface area contributed by atoms with Gasteiger partial charge in [-0.15, -0.1) is 0 Å². The predicted octanol–water partition coefficient (Wildman–Crippen LogP) is 4.12. The minimum Gasteiger partial charge on any atom is -0.493 e. The lowest BCUT2D eigenvalue weighted by molar-refractivity contribution is 0.254. The Morgan fingerprint density at radius 3 is 2.64 bits per heavy atom. The third-order valence-corrected chi connectivity index (χ3v) is 5.70. The Labute approximate surface area is 195 Å². The number of benzene rings is 1. The average Bonchev–Trinajstić information content (AvgIpc) is 3.36. The summed E-state index contributed by atoms with van der Waals surface area (Å²) in [6, 6.07) is 11.7. The third kappa shape index (κ3) is 6.55. The molecule has 0 aliphatic carbocycles. The van der Waals surface area contributed by atoms with Gasteiger partial charge in [0.2, 0.25) is 5.95 Å². The highest BCUT2D eigenvalue weighted by Crippen LogP contribution is 2.31. The van der Waals surface area contributed by atoms with Crippen LogP contribution in [0.4, 0.5) is 17.5 Å². The smallest absolute Gasteiger partial charge is 0.229 e. The number of anilines is 3. The molecule has 0 unspecified atom stereocenters. The topological polar surface area (TPSA) is 75.6 Å². The van der Waals surface area contributed by atoms with Gasteiger partial charge in [-0.1, -0.05) is 0 Å². The first-order chi connectivity index (χ1) is 16.2. The predicted molar refractivity (Wildman–Crippen MR) is 130 cm³/mol. The van der Waals surface area contributed by atoms with E-state index in [0.717, 1.165) is 36.8 Å². The number of aromatic nitrogens is 3. The summed E-state index contributed by atoms with van der Waals surface area (Å²) in [7, 11) is 3.67. The lowest BCUT2D eigenvalue weighted by Crippen LogP contribution is -2.21. The minimum atomic E-state index is 0.527. The van der Waals surface area contributed by atoms with Crippen molar-refractivity contribution in [3.8, 4) is 11.5 Å². The van der Waals surface area contributed by atoms with E-state index in [4.69, 9.17) is 9.47 Å². The summed E-state index contributed by atoms with van der Waals surface area (Å²) >= 11 is 0. The Balaban J connectivity index is 1.37. The molecule has 0 atom stereocenters. The molecule has 3 aromatic rings. The van der Waals surface area contributed by atoms with Crippen LogP contribution in [0.3, 0.4) is 0 Å². The maximum absolute atomic E-state index is 6.05. The fraction of sp³-hybridized carbons (Fsp3) is 0.400. The number of likely N-dealkylation sites (tertiary alicyclic amines) is 1. The molecule has 8 heteroatoms. The molecule has 1 N–H and O–H groups in total. The van der Waals surface area contributed by atoms with Gasteiger partial charge in [-0.25, -0.2) is 4.98 Å². The van der Waals surface area contributed by atoms with Crippen molar-refractivity contribution in [3.63, 3.8) is 0 Å². The summed E-state index contributed by atoms with van der Waals surface area (Å²) in [4.78, 5) is 17.7. The van der Waals surface area contributed by atoms with Gasteiger partial charge in [0.05, 0.1) is 13.7 Å². The van der Waals surface area contributed by atoms with Gasteiger partial charge in [-0.05, 0) is 68.2 Å². The molecule has 4 rings (SSSR count). The summed E-state index contributed by atoms with van der Waals surface area (Å²) in [6.07, 6.45) is 8.97. The van der Waals surface area contributed by atoms with E-state index < -0.39 is 0 Å². The van der Waals surface area contributed by atoms with Gasteiger partial charge in [0.1, 0.15) is 5.82 Å². The molecule has 0 spiro atoms. The Morgan fingerprint density at radius 2 is 1.85 bits per heavy atom. The van der Waals surface area contributed by atoms with Gasteiger partial charge in [0, 0.05) is 50.5 Å². The molecule has 1 fully saturated rings. The zero-order valence-electron chi connectivity index (χ0n) is 19.4. The molecule has 1 saturated heterocycles. The van der Waals surface area contributed by atoms with Gasteiger partial charge in [0.25, 0.3) is 0 Å². The number of methoxy groups -OCH3 is 1. The number of rotatable bonds is 11. The van der Waals surface area contributed by atoms with E-state index in [0.29, 0.717) is 18.3 Å². The third-order valence-electron chi connectivity index (χ3n) is 5.70. The number of nitrogens with zero attached hydrogens (tertiary/aromatic N) is 5. The van der Waals surface area contributed by atoms with Gasteiger partial charge in [-0.2, -0.15) is 4.98 Å². The van der Waals surface area contributed by atoms with Crippen molar-refractivity contribution in [2.24, 2.45) is 0 Å². The quantitative estimate of drug-likeness (QED) is 0.439. The maximum atomic E-state index is 6.05. The van der Waals surface area contributed by atoms with Crippen molar-refractivity contribution in [1.29, 1.82) is 0 Å². The van der Waals surface area contributed by atoms with E-state index in [2.05, 4.69) is 30.1 Å². The Hall–Kier alpha value is -3.39. The minimum absolute atomic E-state index is 0.527. The van der Waals surface area contributed by atoms with Crippen LogP contribution in [0.5, 0.6) is 11.5 Å². The molecular formula is C25H32N6O2. The second-order valence-electron chi connectivity index (χ2n) is 8.19. The van der Waals surface area contributed by atoms with E-state index in [1.807, 2.05) is 43.4 Å².